The number of nitrogens with one attached hydrogen (secondary N) is 1. The number of hydrogen-bond donors (Lipinski definition) is 1. The Kier molecular flexibility index (Phi) is 3.61. The van der Waals surface area contributed by atoms with Crippen molar-refractivity contribution in [3.63, 3.8) is 0 Å². The summed E-state index contributed by atoms with van der Waals surface area (Å²) >= 11 is 0. The Hall–Kier alpha value is -3.34. The third-order valence-electron chi connectivity index (χ3n) is 4.13. The first-order valence-electron chi connectivity index (χ1n) is 7.94. The topological polar surface area (TPSA) is 64.4 Å². The van der Waals surface area contributed by atoms with E-state index in [1.807, 2.05) is 42.5 Å². The minimum Gasteiger partial charge on any atom is -0.460 e. The summed E-state index contributed by atoms with van der Waals surface area (Å²) in [4.78, 5) is 16.4. The van der Waals surface area contributed by atoms with Crippen molar-refractivity contribution in [3.8, 4) is 11.5 Å². The molecule has 0 bridgehead atoms. The molecule has 124 valence electrons. The maximum Gasteiger partial charge on any atom is 0.255 e. The largest absolute Gasteiger partial charge is 0.460 e. The fraction of sp³-hybridized carbons (Fsp3) is 0.100. The predicted molar refractivity (Wildman–Crippen MR) is 96.2 cm³/mol. The number of aromatic nitrogens is 1. The van der Waals surface area contributed by atoms with Crippen LogP contribution in [0.15, 0.2) is 59.1 Å². The van der Waals surface area contributed by atoms with Crippen LogP contribution >= 0.6 is 0 Å². The second kappa shape index (κ2) is 5.94. The van der Waals surface area contributed by atoms with E-state index in [-0.39, 0.29) is 5.91 Å². The van der Waals surface area contributed by atoms with Gasteiger partial charge in [-0.15, -0.1) is 0 Å². The summed E-state index contributed by atoms with van der Waals surface area (Å²) in [7, 11) is 1.60. The third-order valence-corrected chi connectivity index (χ3v) is 4.13. The molecule has 25 heavy (non-hydrogen) atoms. The highest BCUT2D eigenvalue weighted by Gasteiger charge is 2.17. The van der Waals surface area contributed by atoms with Crippen LogP contribution in [0.25, 0.3) is 21.9 Å². The SMILES string of the molecule is CNC(=O)c1c(C)oc2cc(Oc3ccnc4ccccc34)ccc12. The van der Waals surface area contributed by atoms with Crippen molar-refractivity contribution in [1.82, 2.24) is 10.3 Å². The van der Waals surface area contributed by atoms with Gasteiger partial charge in [0, 0.05) is 30.1 Å². The average Bonchev–Trinajstić information content (AvgIpc) is 2.96. The van der Waals surface area contributed by atoms with Crippen LogP contribution in [-0.2, 0) is 0 Å². The second-order valence-electron chi connectivity index (χ2n) is 5.70. The van der Waals surface area contributed by atoms with Gasteiger partial charge in [-0.1, -0.05) is 12.1 Å². The zero-order chi connectivity index (χ0) is 17.4. The number of carbonyl (C=O) groups excluding carboxylic acids is 1. The van der Waals surface area contributed by atoms with E-state index >= 15 is 0 Å². The molecule has 0 aliphatic heterocycles. The van der Waals surface area contributed by atoms with Gasteiger partial charge in [-0.05, 0) is 37.3 Å². The van der Waals surface area contributed by atoms with Crippen molar-refractivity contribution in [2.75, 3.05) is 7.05 Å². The molecule has 0 radical (unpaired) electrons. The van der Waals surface area contributed by atoms with Gasteiger partial charge in [-0.2, -0.15) is 0 Å². The van der Waals surface area contributed by atoms with Crippen molar-refractivity contribution in [1.29, 1.82) is 0 Å². The van der Waals surface area contributed by atoms with Gasteiger partial charge in [-0.25, -0.2) is 0 Å². The van der Waals surface area contributed by atoms with E-state index in [2.05, 4.69) is 10.3 Å². The van der Waals surface area contributed by atoms with E-state index in [1.165, 1.54) is 0 Å². The van der Waals surface area contributed by atoms with Crippen LogP contribution in [0.4, 0.5) is 0 Å². The molecule has 4 aromatic rings. The van der Waals surface area contributed by atoms with E-state index in [1.54, 1.807) is 26.2 Å². The summed E-state index contributed by atoms with van der Waals surface area (Å²) in [6, 6.07) is 15.1. The molecular formula is C20H16N2O3. The molecule has 2 heterocycles. The fourth-order valence-corrected chi connectivity index (χ4v) is 2.96. The number of amides is 1. The smallest absolute Gasteiger partial charge is 0.255 e. The number of benzene rings is 2. The summed E-state index contributed by atoms with van der Waals surface area (Å²) in [5.74, 6) is 1.78. The Morgan fingerprint density at radius 2 is 1.96 bits per heavy atom. The Morgan fingerprint density at radius 1 is 1.12 bits per heavy atom. The van der Waals surface area contributed by atoms with Crippen LogP contribution in [0.2, 0.25) is 0 Å². The monoisotopic (exact) mass is 332 g/mol. The first-order chi connectivity index (χ1) is 12.2. The van der Waals surface area contributed by atoms with Gasteiger partial charge in [0.1, 0.15) is 22.8 Å². The molecule has 1 N–H and O–H groups in total. The van der Waals surface area contributed by atoms with E-state index in [9.17, 15) is 4.79 Å². The lowest BCUT2D eigenvalue weighted by Gasteiger charge is -2.08. The van der Waals surface area contributed by atoms with Crippen LogP contribution in [0.1, 0.15) is 16.1 Å². The quantitative estimate of drug-likeness (QED) is 0.602. The van der Waals surface area contributed by atoms with Crippen molar-refractivity contribution >= 4 is 27.8 Å². The van der Waals surface area contributed by atoms with Crippen LogP contribution in [0, 0.1) is 6.92 Å². The number of ether oxygens (including phenoxy) is 1. The number of rotatable bonds is 3. The molecule has 1 amide bonds. The maximum absolute atomic E-state index is 12.0. The van der Waals surface area contributed by atoms with Crippen LogP contribution in [0.5, 0.6) is 11.5 Å². The van der Waals surface area contributed by atoms with Crippen molar-refractivity contribution in [3.05, 3.63) is 66.1 Å². The molecule has 0 aliphatic rings. The lowest BCUT2D eigenvalue weighted by molar-refractivity contribution is 0.0963. The maximum atomic E-state index is 12.0. The number of para-hydroxylation sites is 1. The molecule has 0 spiro atoms. The molecule has 0 fully saturated rings. The van der Waals surface area contributed by atoms with Crippen LogP contribution in [0.3, 0.4) is 0 Å². The Morgan fingerprint density at radius 3 is 2.80 bits per heavy atom. The van der Waals surface area contributed by atoms with E-state index in [0.29, 0.717) is 22.7 Å². The number of fused-ring (bicyclic) bond motifs is 2. The lowest BCUT2D eigenvalue weighted by Crippen LogP contribution is -2.18. The number of pyridine rings is 1. The average molecular weight is 332 g/mol. The molecule has 0 aliphatic carbocycles. The molecule has 0 unspecified atom stereocenters. The highest BCUT2D eigenvalue weighted by atomic mass is 16.5. The number of furan rings is 1. The van der Waals surface area contributed by atoms with Gasteiger partial charge in [-0.3, -0.25) is 9.78 Å². The standard InChI is InChI=1S/C20H16N2O3/c1-12-19(20(23)21-2)15-8-7-13(11-18(15)24-12)25-17-9-10-22-16-6-4-3-5-14(16)17/h3-11H,1-2H3,(H,21,23). The molecular weight excluding hydrogens is 316 g/mol. The Labute approximate surface area is 144 Å². The summed E-state index contributed by atoms with van der Waals surface area (Å²) in [5.41, 5.74) is 2.04. The number of carbonyl (C=O) groups is 1. The highest BCUT2D eigenvalue weighted by Crippen LogP contribution is 2.33. The summed E-state index contributed by atoms with van der Waals surface area (Å²) in [6.45, 7) is 1.78. The molecule has 4 rings (SSSR count). The third kappa shape index (κ3) is 2.59. The zero-order valence-electron chi connectivity index (χ0n) is 13.9. The van der Waals surface area contributed by atoms with Gasteiger partial charge in [0.15, 0.2) is 0 Å². The minimum absolute atomic E-state index is 0.162. The van der Waals surface area contributed by atoms with Crippen molar-refractivity contribution in [2.45, 2.75) is 6.92 Å². The van der Waals surface area contributed by atoms with E-state index in [0.717, 1.165) is 22.0 Å². The van der Waals surface area contributed by atoms with Gasteiger partial charge in [0.2, 0.25) is 0 Å². The van der Waals surface area contributed by atoms with Crippen LogP contribution < -0.4 is 10.1 Å². The predicted octanol–water partition coefficient (Wildman–Crippen LogP) is 4.44. The lowest BCUT2D eigenvalue weighted by atomic mass is 10.1. The van der Waals surface area contributed by atoms with Crippen molar-refractivity contribution in [2.24, 2.45) is 0 Å². The molecule has 0 saturated carbocycles. The van der Waals surface area contributed by atoms with Gasteiger partial charge in [0.05, 0.1) is 11.1 Å². The first-order valence-corrected chi connectivity index (χ1v) is 7.94. The summed E-state index contributed by atoms with van der Waals surface area (Å²) in [6.07, 6.45) is 1.72. The number of aryl methyl sites for hydroxylation is 1. The minimum atomic E-state index is -0.162. The molecule has 2 aromatic heterocycles. The Bertz CT molecular complexity index is 1090. The van der Waals surface area contributed by atoms with Crippen molar-refractivity contribution < 1.29 is 13.9 Å². The molecule has 0 saturated heterocycles. The Balaban J connectivity index is 1.76. The second-order valence-corrected chi connectivity index (χ2v) is 5.70. The first kappa shape index (κ1) is 15.2. The fourth-order valence-electron chi connectivity index (χ4n) is 2.96. The van der Waals surface area contributed by atoms with Gasteiger partial charge >= 0.3 is 0 Å². The van der Waals surface area contributed by atoms with E-state index in [4.69, 9.17) is 9.15 Å². The van der Waals surface area contributed by atoms with E-state index < -0.39 is 0 Å². The number of nitrogens with zero attached hydrogens (tertiary/aromatic N) is 1. The van der Waals surface area contributed by atoms with Crippen LogP contribution in [-0.4, -0.2) is 17.9 Å². The van der Waals surface area contributed by atoms with Gasteiger partial charge in [0.25, 0.3) is 5.91 Å². The molecule has 2 aromatic carbocycles. The normalized spacial score (nSPS) is 11.0. The molecule has 0 atom stereocenters. The van der Waals surface area contributed by atoms with Gasteiger partial charge < -0.3 is 14.5 Å². The molecule has 5 nitrogen and oxygen atoms in total. The summed E-state index contributed by atoms with van der Waals surface area (Å²) in [5, 5.41) is 4.34. The molecule has 5 heteroatoms. The number of hydrogen-bond acceptors (Lipinski definition) is 4. The highest BCUT2D eigenvalue weighted by molar-refractivity contribution is 6.07. The zero-order valence-corrected chi connectivity index (χ0v) is 13.9. The summed E-state index contributed by atoms with van der Waals surface area (Å²) < 4.78 is 11.8.